The largest absolute Gasteiger partial charge is 0.465 e. The fourth-order valence-corrected chi connectivity index (χ4v) is 5.70. The number of nitrogens with zero attached hydrogens (tertiary/aromatic N) is 4. The number of likely N-dealkylation sites (tertiary alicyclic amines) is 1. The highest BCUT2D eigenvalue weighted by Crippen LogP contribution is 2.29. The van der Waals surface area contributed by atoms with E-state index in [0.29, 0.717) is 43.6 Å². The van der Waals surface area contributed by atoms with E-state index in [2.05, 4.69) is 20.6 Å². The zero-order chi connectivity index (χ0) is 22.6. The van der Waals surface area contributed by atoms with Gasteiger partial charge in [-0.15, -0.1) is 5.10 Å². The molecule has 0 aliphatic carbocycles. The van der Waals surface area contributed by atoms with Gasteiger partial charge in [0.1, 0.15) is 0 Å². The van der Waals surface area contributed by atoms with Gasteiger partial charge in [-0.2, -0.15) is 0 Å². The number of amides is 1. The lowest BCUT2D eigenvalue weighted by Gasteiger charge is -2.38. The van der Waals surface area contributed by atoms with Gasteiger partial charge in [-0.05, 0) is 71.9 Å². The maximum atomic E-state index is 12.9. The number of hydrogen-bond acceptors (Lipinski definition) is 6. The molecule has 2 unspecified atom stereocenters. The lowest BCUT2D eigenvalue weighted by molar-refractivity contribution is 0.0889. The van der Waals surface area contributed by atoms with Crippen LogP contribution < -0.4 is 0 Å². The van der Waals surface area contributed by atoms with E-state index in [1.165, 1.54) is 4.90 Å². The van der Waals surface area contributed by atoms with E-state index >= 15 is 0 Å². The Bertz CT molecular complexity index is 1130. The minimum atomic E-state index is -3.44. The second kappa shape index (κ2) is 9.47. The van der Waals surface area contributed by atoms with Crippen molar-refractivity contribution >= 4 is 15.9 Å². The number of H-pyrrole nitrogens is 1. The van der Waals surface area contributed by atoms with Crippen LogP contribution in [-0.2, 0) is 16.3 Å². The monoisotopic (exact) mass is 455 g/mol. The van der Waals surface area contributed by atoms with Gasteiger partial charge in [-0.3, -0.25) is 0 Å². The van der Waals surface area contributed by atoms with Crippen molar-refractivity contribution < 1.29 is 18.3 Å². The summed E-state index contributed by atoms with van der Waals surface area (Å²) in [7, 11) is -3.44. The van der Waals surface area contributed by atoms with Crippen LogP contribution in [0.1, 0.15) is 24.8 Å². The first-order chi connectivity index (χ1) is 15.4. The summed E-state index contributed by atoms with van der Waals surface area (Å²) >= 11 is 0. The van der Waals surface area contributed by atoms with E-state index in [1.807, 2.05) is 30.3 Å². The zero-order valence-electron chi connectivity index (χ0n) is 17.5. The highest BCUT2D eigenvalue weighted by atomic mass is 32.2. The number of nitrogens with one attached hydrogen (secondary N) is 1. The van der Waals surface area contributed by atoms with Crippen LogP contribution in [0.2, 0.25) is 0 Å². The third-order valence-electron chi connectivity index (χ3n) is 6.01. The SMILES string of the molecule is O=C(O)N1CCC(CCS(=O)(=O)c2ccc(-c3nnn[nH]3)cc2)CC1Cc1ccccc1. The van der Waals surface area contributed by atoms with Crippen molar-refractivity contribution in [3.05, 3.63) is 60.2 Å². The number of sulfone groups is 1. The summed E-state index contributed by atoms with van der Waals surface area (Å²) in [5.41, 5.74) is 1.79. The maximum Gasteiger partial charge on any atom is 0.407 e. The second-order valence-electron chi connectivity index (χ2n) is 8.09. The molecule has 1 aromatic heterocycles. The Morgan fingerprint density at radius 1 is 1.12 bits per heavy atom. The lowest BCUT2D eigenvalue weighted by Crippen LogP contribution is -2.46. The molecule has 1 amide bonds. The van der Waals surface area contributed by atoms with Crippen molar-refractivity contribution in [1.82, 2.24) is 25.5 Å². The summed E-state index contributed by atoms with van der Waals surface area (Å²) in [5, 5.41) is 23.1. The average molecular weight is 456 g/mol. The molecule has 2 heterocycles. The standard InChI is InChI=1S/C22H25N5O4S/c28-22(29)27-12-10-17(15-19(27)14-16-4-2-1-3-5-16)11-13-32(30,31)20-8-6-18(7-9-20)21-23-25-26-24-21/h1-9,17,19H,10-15H2,(H,28,29)(H,23,24,25,26). The third kappa shape index (κ3) is 5.13. The molecule has 0 spiro atoms. The van der Waals surface area contributed by atoms with Crippen LogP contribution in [-0.4, -0.2) is 63.5 Å². The van der Waals surface area contributed by atoms with E-state index < -0.39 is 15.9 Å². The molecule has 2 atom stereocenters. The van der Waals surface area contributed by atoms with E-state index in [9.17, 15) is 18.3 Å². The number of aromatic nitrogens is 4. The molecule has 0 radical (unpaired) electrons. The first kappa shape index (κ1) is 21.9. The fourth-order valence-electron chi connectivity index (χ4n) is 4.27. The molecule has 1 saturated heterocycles. The van der Waals surface area contributed by atoms with Crippen molar-refractivity contribution in [3.63, 3.8) is 0 Å². The topological polar surface area (TPSA) is 129 Å². The van der Waals surface area contributed by atoms with E-state index in [-0.39, 0.29) is 22.6 Å². The van der Waals surface area contributed by atoms with Crippen molar-refractivity contribution in [3.8, 4) is 11.4 Å². The highest BCUT2D eigenvalue weighted by molar-refractivity contribution is 7.91. The molecule has 0 saturated carbocycles. The van der Waals surface area contributed by atoms with Gasteiger partial charge in [0, 0.05) is 18.2 Å². The number of piperidine rings is 1. The number of tetrazole rings is 1. The maximum absolute atomic E-state index is 12.9. The smallest absolute Gasteiger partial charge is 0.407 e. The van der Waals surface area contributed by atoms with Crippen molar-refractivity contribution in [2.45, 2.75) is 36.6 Å². The number of carboxylic acid groups (broad SMARTS) is 1. The molecular formula is C22H25N5O4S. The molecular weight excluding hydrogens is 430 g/mol. The number of carbonyl (C=O) groups is 1. The molecule has 4 rings (SSSR count). The van der Waals surface area contributed by atoms with Crippen LogP contribution in [0.5, 0.6) is 0 Å². The van der Waals surface area contributed by atoms with Crippen LogP contribution in [0.25, 0.3) is 11.4 Å². The number of rotatable bonds is 7. The van der Waals surface area contributed by atoms with Gasteiger partial charge in [0.25, 0.3) is 0 Å². The number of benzene rings is 2. The average Bonchev–Trinajstić information content (AvgIpc) is 3.34. The molecule has 2 N–H and O–H groups in total. The molecule has 1 aliphatic rings. The van der Waals surface area contributed by atoms with Gasteiger partial charge in [0.2, 0.25) is 0 Å². The van der Waals surface area contributed by atoms with Gasteiger partial charge in [0.05, 0.1) is 10.6 Å². The van der Waals surface area contributed by atoms with Crippen molar-refractivity contribution in [1.29, 1.82) is 0 Å². The predicted octanol–water partition coefficient (Wildman–Crippen LogP) is 3.03. The summed E-state index contributed by atoms with van der Waals surface area (Å²) in [6.07, 6.45) is 1.56. The number of aromatic amines is 1. The summed E-state index contributed by atoms with van der Waals surface area (Å²) < 4.78 is 25.7. The Kier molecular flexibility index (Phi) is 6.50. The van der Waals surface area contributed by atoms with Crippen molar-refractivity contribution in [2.75, 3.05) is 12.3 Å². The molecule has 3 aromatic rings. The Morgan fingerprint density at radius 2 is 1.88 bits per heavy atom. The van der Waals surface area contributed by atoms with E-state index in [0.717, 1.165) is 5.56 Å². The Hall–Kier alpha value is -3.27. The molecule has 0 bridgehead atoms. The minimum absolute atomic E-state index is 0.0337. The third-order valence-corrected chi connectivity index (χ3v) is 7.77. The minimum Gasteiger partial charge on any atom is -0.465 e. The highest BCUT2D eigenvalue weighted by Gasteiger charge is 2.32. The Labute approximate surface area is 186 Å². The van der Waals surface area contributed by atoms with Gasteiger partial charge in [-0.25, -0.2) is 18.3 Å². The molecule has 9 nitrogen and oxygen atoms in total. The molecule has 168 valence electrons. The van der Waals surface area contributed by atoms with E-state index in [1.54, 1.807) is 24.3 Å². The van der Waals surface area contributed by atoms with Crippen LogP contribution in [0, 0.1) is 5.92 Å². The summed E-state index contributed by atoms with van der Waals surface area (Å²) in [6.45, 7) is 0.428. The summed E-state index contributed by atoms with van der Waals surface area (Å²) in [4.78, 5) is 13.4. The van der Waals surface area contributed by atoms with Crippen LogP contribution in [0.4, 0.5) is 4.79 Å². The Balaban J connectivity index is 1.39. The van der Waals surface area contributed by atoms with Crippen molar-refractivity contribution in [2.24, 2.45) is 5.92 Å². The van der Waals surface area contributed by atoms with Crippen LogP contribution >= 0.6 is 0 Å². The first-order valence-corrected chi connectivity index (χ1v) is 12.2. The molecule has 10 heteroatoms. The predicted molar refractivity (Wildman–Crippen MR) is 118 cm³/mol. The van der Waals surface area contributed by atoms with Gasteiger partial charge in [0.15, 0.2) is 15.7 Å². The van der Waals surface area contributed by atoms with Gasteiger partial charge >= 0.3 is 6.09 Å². The quantitative estimate of drug-likeness (QED) is 0.560. The van der Waals surface area contributed by atoms with Gasteiger partial charge < -0.3 is 10.0 Å². The molecule has 1 aliphatic heterocycles. The zero-order valence-corrected chi connectivity index (χ0v) is 18.3. The first-order valence-electron chi connectivity index (χ1n) is 10.5. The fraction of sp³-hybridized carbons (Fsp3) is 0.364. The molecule has 32 heavy (non-hydrogen) atoms. The number of hydrogen-bond donors (Lipinski definition) is 2. The molecule has 2 aromatic carbocycles. The summed E-state index contributed by atoms with van der Waals surface area (Å²) in [6, 6.07) is 16.1. The Morgan fingerprint density at radius 3 is 2.53 bits per heavy atom. The molecule has 1 fully saturated rings. The second-order valence-corrected chi connectivity index (χ2v) is 10.2. The lowest BCUT2D eigenvalue weighted by atomic mass is 9.86. The van der Waals surface area contributed by atoms with Crippen LogP contribution in [0.15, 0.2) is 59.5 Å². The van der Waals surface area contributed by atoms with Crippen LogP contribution in [0.3, 0.4) is 0 Å². The normalized spacial score (nSPS) is 19.1. The summed E-state index contributed by atoms with van der Waals surface area (Å²) in [5.74, 6) is 0.670. The van der Waals surface area contributed by atoms with E-state index in [4.69, 9.17) is 0 Å². The van der Waals surface area contributed by atoms with Gasteiger partial charge in [-0.1, -0.05) is 30.3 Å².